The van der Waals surface area contributed by atoms with Gasteiger partial charge in [0, 0.05) is 40.8 Å². The van der Waals surface area contributed by atoms with Gasteiger partial charge in [-0.05, 0) is 77.2 Å². The summed E-state index contributed by atoms with van der Waals surface area (Å²) < 4.78 is 14.1. The van der Waals surface area contributed by atoms with E-state index in [0.717, 1.165) is 22.4 Å². The van der Waals surface area contributed by atoms with Crippen LogP contribution in [0.3, 0.4) is 0 Å². The van der Waals surface area contributed by atoms with Gasteiger partial charge in [-0.15, -0.1) is 0 Å². The number of hydrogen-bond acceptors (Lipinski definition) is 7. The highest BCUT2D eigenvalue weighted by molar-refractivity contribution is 8.26. The molecule has 2 N–H and O–H groups in total. The first-order valence-corrected chi connectivity index (χ1v) is 19.6. The molecule has 2 aliphatic heterocycles. The summed E-state index contributed by atoms with van der Waals surface area (Å²) in [4.78, 5) is 55.7. The van der Waals surface area contributed by atoms with Crippen LogP contribution in [0.25, 0.3) is 17.2 Å². The third-order valence-electron chi connectivity index (χ3n) is 9.33. The monoisotopic (exact) mass is 771 g/mol. The third kappa shape index (κ3) is 8.54. The lowest BCUT2D eigenvalue weighted by Crippen LogP contribution is -2.43. The Kier molecular flexibility index (Phi) is 11.5. The minimum atomic E-state index is -0.455. The van der Waals surface area contributed by atoms with Crippen molar-refractivity contribution in [3.63, 3.8) is 0 Å². The summed E-state index contributed by atoms with van der Waals surface area (Å²) in [7, 11) is 0. The Balaban J connectivity index is 1.10. The van der Waals surface area contributed by atoms with Gasteiger partial charge in [-0.3, -0.25) is 19.2 Å². The Morgan fingerprint density at radius 3 is 2.24 bits per heavy atom. The second-order valence-corrected chi connectivity index (χ2v) is 15.9. The first-order chi connectivity index (χ1) is 26.2. The van der Waals surface area contributed by atoms with E-state index in [-0.39, 0.29) is 58.0 Å². The van der Waals surface area contributed by atoms with Crippen molar-refractivity contribution in [1.82, 2.24) is 15.5 Å². The Bertz CT molecular complexity index is 2260. The number of halogens is 1. The van der Waals surface area contributed by atoms with Crippen LogP contribution in [-0.2, 0) is 10.5 Å². The van der Waals surface area contributed by atoms with Crippen LogP contribution in [0.4, 0.5) is 4.39 Å². The molecule has 7 rings (SSSR count). The molecule has 2 aliphatic rings. The van der Waals surface area contributed by atoms with Crippen molar-refractivity contribution in [3.05, 3.63) is 171 Å². The van der Waals surface area contributed by atoms with Gasteiger partial charge in [0.25, 0.3) is 17.7 Å². The molecule has 54 heavy (non-hydrogen) atoms. The van der Waals surface area contributed by atoms with Gasteiger partial charge in [0.1, 0.15) is 10.1 Å². The Morgan fingerprint density at radius 2 is 1.52 bits per heavy atom. The third-order valence-corrected chi connectivity index (χ3v) is 11.8. The molecule has 0 unspecified atom stereocenters. The van der Waals surface area contributed by atoms with E-state index in [4.69, 9.17) is 12.2 Å². The molecule has 0 saturated carbocycles. The van der Waals surface area contributed by atoms with Crippen LogP contribution in [-0.4, -0.2) is 57.1 Å². The maximum atomic E-state index is 14.4. The Morgan fingerprint density at radius 1 is 0.852 bits per heavy atom. The SMILES string of the molecule is O=C1NC(=S)S/C1=C/c1ccc(C(=O)NC[C@@H]2C[C@@H](SCc3ccccc3-c3ccccc3)CN2C(=O)c2ccccc2C(=O)c2ccc(F)cc2)cc1. The molecular formula is C43H34FN3O4S3. The van der Waals surface area contributed by atoms with Gasteiger partial charge < -0.3 is 15.5 Å². The van der Waals surface area contributed by atoms with Gasteiger partial charge in [0.15, 0.2) is 5.78 Å². The van der Waals surface area contributed by atoms with Crippen LogP contribution in [0.1, 0.15) is 54.2 Å². The van der Waals surface area contributed by atoms with E-state index in [1.54, 1.807) is 71.3 Å². The first-order valence-electron chi connectivity index (χ1n) is 17.3. The number of rotatable bonds is 11. The van der Waals surface area contributed by atoms with Crippen molar-refractivity contribution in [2.24, 2.45) is 0 Å². The van der Waals surface area contributed by atoms with Gasteiger partial charge in [0.2, 0.25) is 0 Å². The first kappa shape index (κ1) is 37.0. The summed E-state index contributed by atoms with van der Waals surface area (Å²) in [6.07, 6.45) is 2.35. The molecule has 5 aromatic rings. The van der Waals surface area contributed by atoms with Crippen LogP contribution >= 0.6 is 35.7 Å². The maximum Gasteiger partial charge on any atom is 0.263 e. The highest BCUT2D eigenvalue weighted by atomic mass is 32.2. The number of ketones is 1. The van der Waals surface area contributed by atoms with Crippen molar-refractivity contribution in [3.8, 4) is 11.1 Å². The zero-order valence-electron chi connectivity index (χ0n) is 28.9. The number of benzene rings is 5. The fourth-order valence-corrected chi connectivity index (χ4v) is 8.92. The van der Waals surface area contributed by atoms with E-state index in [1.807, 2.05) is 30.3 Å². The minimum absolute atomic E-state index is 0.0607. The van der Waals surface area contributed by atoms with Crippen LogP contribution in [0.2, 0.25) is 0 Å². The topological polar surface area (TPSA) is 95.6 Å². The lowest BCUT2D eigenvalue weighted by Gasteiger charge is -2.26. The van der Waals surface area contributed by atoms with Crippen molar-refractivity contribution in [1.29, 1.82) is 0 Å². The minimum Gasteiger partial charge on any atom is -0.350 e. The predicted octanol–water partition coefficient (Wildman–Crippen LogP) is 8.16. The summed E-state index contributed by atoms with van der Waals surface area (Å²) in [5.41, 5.74) is 5.43. The van der Waals surface area contributed by atoms with E-state index in [2.05, 4.69) is 34.9 Å². The molecule has 2 saturated heterocycles. The Hall–Kier alpha value is -5.36. The van der Waals surface area contributed by atoms with E-state index in [0.29, 0.717) is 27.8 Å². The van der Waals surface area contributed by atoms with Crippen molar-refractivity contribution in [2.45, 2.75) is 23.5 Å². The number of thioether (sulfide) groups is 2. The average Bonchev–Trinajstić information content (AvgIpc) is 3.77. The normalized spacial score (nSPS) is 17.4. The number of likely N-dealkylation sites (tertiary alicyclic amines) is 1. The number of amides is 3. The van der Waals surface area contributed by atoms with E-state index < -0.39 is 5.82 Å². The summed E-state index contributed by atoms with van der Waals surface area (Å²) in [6.45, 7) is 0.630. The summed E-state index contributed by atoms with van der Waals surface area (Å²) in [5.74, 6) is -0.953. The predicted molar refractivity (Wildman–Crippen MR) is 218 cm³/mol. The number of carbonyl (C=O) groups is 4. The van der Waals surface area contributed by atoms with Crippen molar-refractivity contribution < 1.29 is 23.6 Å². The number of carbonyl (C=O) groups excluding carboxylic acids is 4. The van der Waals surface area contributed by atoms with Gasteiger partial charge in [-0.1, -0.05) is 109 Å². The maximum absolute atomic E-state index is 14.4. The van der Waals surface area contributed by atoms with Crippen LogP contribution in [0.15, 0.2) is 132 Å². The molecule has 0 aromatic heterocycles. The van der Waals surface area contributed by atoms with Crippen molar-refractivity contribution in [2.75, 3.05) is 13.1 Å². The van der Waals surface area contributed by atoms with E-state index >= 15 is 0 Å². The molecule has 2 fully saturated rings. The number of nitrogens with one attached hydrogen (secondary N) is 2. The summed E-state index contributed by atoms with van der Waals surface area (Å²) in [6, 6.07) is 37.1. The van der Waals surface area contributed by atoms with Crippen molar-refractivity contribution >= 4 is 69.6 Å². The van der Waals surface area contributed by atoms with Gasteiger partial charge >= 0.3 is 0 Å². The second kappa shape index (κ2) is 16.8. The Labute approximate surface area is 326 Å². The molecule has 11 heteroatoms. The summed E-state index contributed by atoms with van der Waals surface area (Å²) in [5, 5.41) is 5.68. The van der Waals surface area contributed by atoms with E-state index in [9.17, 15) is 23.6 Å². The van der Waals surface area contributed by atoms with Crippen LogP contribution in [0, 0.1) is 5.82 Å². The van der Waals surface area contributed by atoms with E-state index in [1.165, 1.54) is 41.6 Å². The molecule has 7 nitrogen and oxygen atoms in total. The van der Waals surface area contributed by atoms with Gasteiger partial charge in [-0.25, -0.2) is 4.39 Å². The second-order valence-electron chi connectivity index (χ2n) is 12.9. The molecule has 0 spiro atoms. The van der Waals surface area contributed by atoms with Crippen LogP contribution < -0.4 is 10.6 Å². The number of nitrogens with zero attached hydrogens (tertiary/aromatic N) is 1. The quantitative estimate of drug-likeness (QED) is 0.0796. The number of hydrogen-bond donors (Lipinski definition) is 2. The highest BCUT2D eigenvalue weighted by Gasteiger charge is 2.37. The lowest BCUT2D eigenvalue weighted by atomic mass is 9.97. The molecule has 3 amide bonds. The molecular weight excluding hydrogens is 738 g/mol. The zero-order valence-corrected chi connectivity index (χ0v) is 31.3. The number of thiocarbonyl (C=S) groups is 1. The molecule has 270 valence electrons. The largest absolute Gasteiger partial charge is 0.350 e. The zero-order chi connectivity index (χ0) is 37.6. The average molecular weight is 772 g/mol. The van der Waals surface area contributed by atoms with Crippen LogP contribution in [0.5, 0.6) is 0 Å². The molecule has 2 heterocycles. The van der Waals surface area contributed by atoms with Gasteiger partial charge in [0.05, 0.1) is 16.5 Å². The molecule has 0 radical (unpaired) electrons. The standard InChI is InChI=1S/C43H34FN3O4S3/c44-32-20-18-29(19-21-32)39(48)36-12-6-7-13-37(36)42(51)47-25-34(53-26-31-10-4-5-11-35(31)28-8-2-1-3-9-28)23-33(47)24-45-40(49)30-16-14-27(15-17-30)22-38-41(50)46-43(52)54-38/h1-22,33-34H,23-26H2,(H,45,49)(H,46,50,52)/b38-22+/t33-,34+/m0/s1. The fraction of sp³-hybridized carbons (Fsp3) is 0.140. The fourth-order valence-electron chi connectivity index (χ4n) is 6.58. The lowest BCUT2D eigenvalue weighted by molar-refractivity contribution is -0.115. The van der Waals surface area contributed by atoms with Gasteiger partial charge in [-0.2, -0.15) is 11.8 Å². The summed E-state index contributed by atoms with van der Waals surface area (Å²) >= 11 is 8.02. The molecule has 0 bridgehead atoms. The highest BCUT2D eigenvalue weighted by Crippen LogP contribution is 2.34. The molecule has 0 aliphatic carbocycles. The molecule has 2 atom stereocenters. The smallest absolute Gasteiger partial charge is 0.263 e. The molecule has 5 aromatic carbocycles.